The van der Waals surface area contributed by atoms with Crippen LogP contribution in [0.1, 0.15) is 69.4 Å². The molecule has 0 saturated heterocycles. The van der Waals surface area contributed by atoms with Crippen LogP contribution < -0.4 is 15.8 Å². The quantitative estimate of drug-likeness (QED) is 0.202. The number of hydrogen-bond donors (Lipinski definition) is 0. The highest BCUT2D eigenvalue weighted by Crippen LogP contribution is 2.52. The lowest BCUT2D eigenvalue weighted by atomic mass is 9.35. The number of benzene rings is 5. The summed E-state index contributed by atoms with van der Waals surface area (Å²) in [6, 6.07) is 37.1. The molecule has 0 N–H and O–H groups in total. The fourth-order valence-electron chi connectivity index (χ4n) is 7.33. The van der Waals surface area contributed by atoms with Gasteiger partial charge in [-0.25, -0.2) is 0 Å². The molecule has 1 aliphatic carbocycles. The van der Waals surface area contributed by atoms with Crippen LogP contribution >= 0.6 is 0 Å². The topological polar surface area (TPSA) is 3.24 Å². The van der Waals surface area contributed by atoms with E-state index in [1.54, 1.807) is 0 Å². The summed E-state index contributed by atoms with van der Waals surface area (Å²) >= 11 is 0. The lowest BCUT2D eigenvalue weighted by Crippen LogP contribution is -2.50. The van der Waals surface area contributed by atoms with E-state index < -0.39 is 0 Å². The summed E-state index contributed by atoms with van der Waals surface area (Å²) in [5.41, 5.74) is 16.7. The Labute approximate surface area is 238 Å². The average molecular weight is 516 g/mol. The Hall–Kier alpha value is -4.04. The van der Waals surface area contributed by atoms with E-state index in [1.807, 2.05) is 0 Å². The molecule has 0 radical (unpaired) electrons. The van der Waals surface area contributed by atoms with Gasteiger partial charge in [-0.15, -0.1) is 0 Å². The SMILES string of the molecule is CC(C)(C)c1ccc(N2c3cc(C(C)(C)C)ccc3B3C4=C(c5cccc2c53)c2cccc3cccc4c23)cc1. The Balaban J connectivity index is 1.42. The Kier molecular flexibility index (Phi) is 4.64. The molecule has 0 unspecified atom stereocenters. The monoisotopic (exact) mass is 515 g/mol. The second-order valence-corrected chi connectivity index (χ2v) is 13.8. The van der Waals surface area contributed by atoms with Crippen molar-refractivity contribution < 1.29 is 0 Å². The van der Waals surface area contributed by atoms with Gasteiger partial charge < -0.3 is 4.90 Å². The smallest absolute Gasteiger partial charge is 0.249 e. The summed E-state index contributed by atoms with van der Waals surface area (Å²) < 4.78 is 0. The van der Waals surface area contributed by atoms with Crippen molar-refractivity contribution in [1.29, 1.82) is 0 Å². The number of fused-ring (bicyclic) bond motifs is 6. The van der Waals surface area contributed by atoms with Crippen LogP contribution in [0.15, 0.2) is 97.1 Å². The van der Waals surface area contributed by atoms with Crippen LogP contribution in [-0.2, 0) is 10.8 Å². The highest BCUT2D eigenvalue weighted by atomic mass is 15.2. The molecule has 0 aromatic heterocycles. The van der Waals surface area contributed by atoms with Crippen molar-refractivity contribution in [3.63, 3.8) is 0 Å². The van der Waals surface area contributed by atoms with Crippen LogP contribution in [0.5, 0.6) is 0 Å². The molecule has 0 spiro atoms. The molecule has 0 fully saturated rings. The van der Waals surface area contributed by atoms with Crippen molar-refractivity contribution in [1.82, 2.24) is 0 Å². The Morgan fingerprint density at radius 1 is 0.575 bits per heavy atom. The van der Waals surface area contributed by atoms with Gasteiger partial charge in [-0.2, -0.15) is 0 Å². The molecule has 5 aromatic carbocycles. The van der Waals surface area contributed by atoms with Crippen molar-refractivity contribution in [3.8, 4) is 0 Å². The van der Waals surface area contributed by atoms with Crippen molar-refractivity contribution in [2.75, 3.05) is 4.90 Å². The van der Waals surface area contributed by atoms with E-state index in [0.717, 1.165) is 0 Å². The first-order valence-electron chi connectivity index (χ1n) is 14.6. The minimum Gasteiger partial charge on any atom is -0.311 e. The fourth-order valence-corrected chi connectivity index (χ4v) is 7.33. The molecule has 0 atom stereocenters. The van der Waals surface area contributed by atoms with E-state index in [0.29, 0.717) is 0 Å². The molecule has 2 heteroatoms. The minimum atomic E-state index is 0.0637. The standard InChI is InChI=1S/C38H34BN/c1-37(2,3)24-16-19-26(20-17-24)40-31-15-9-14-29-34-27-12-7-10-23-11-8-13-28(33(23)27)36(34)39(35(29)31)30-21-18-25(22-32(30)40)38(4,5)6/h7-22H,1-6H3. The summed E-state index contributed by atoms with van der Waals surface area (Å²) in [5.74, 6) is 0. The van der Waals surface area contributed by atoms with Crippen molar-refractivity contribution in [2.24, 2.45) is 0 Å². The van der Waals surface area contributed by atoms with Crippen molar-refractivity contribution >= 4 is 56.5 Å². The Morgan fingerprint density at radius 2 is 1.20 bits per heavy atom. The van der Waals surface area contributed by atoms with Gasteiger partial charge in [0.15, 0.2) is 0 Å². The maximum Gasteiger partial charge on any atom is 0.249 e. The molecule has 8 rings (SSSR count). The normalized spacial score (nSPS) is 15.1. The van der Waals surface area contributed by atoms with Gasteiger partial charge in [-0.1, -0.05) is 120 Å². The van der Waals surface area contributed by atoms with Gasteiger partial charge >= 0.3 is 0 Å². The molecule has 0 bridgehead atoms. The largest absolute Gasteiger partial charge is 0.311 e. The maximum absolute atomic E-state index is 2.53. The van der Waals surface area contributed by atoms with Crippen molar-refractivity contribution in [3.05, 3.63) is 125 Å². The third-order valence-electron chi connectivity index (χ3n) is 9.34. The summed E-state index contributed by atoms with van der Waals surface area (Å²) in [4.78, 5) is 2.53. The van der Waals surface area contributed by atoms with Crippen LogP contribution in [0.4, 0.5) is 17.1 Å². The van der Waals surface area contributed by atoms with Gasteiger partial charge in [-0.05, 0) is 90.2 Å². The summed E-state index contributed by atoms with van der Waals surface area (Å²) in [6.45, 7) is 14.0. The molecular weight excluding hydrogens is 481 g/mol. The van der Waals surface area contributed by atoms with Gasteiger partial charge in [0.2, 0.25) is 6.71 Å². The zero-order valence-electron chi connectivity index (χ0n) is 24.3. The molecule has 2 aliphatic heterocycles. The van der Waals surface area contributed by atoms with Gasteiger partial charge in [0.05, 0.1) is 0 Å². The van der Waals surface area contributed by atoms with E-state index in [4.69, 9.17) is 0 Å². The average Bonchev–Trinajstić information content (AvgIpc) is 3.44. The molecule has 3 aliphatic rings. The predicted octanol–water partition coefficient (Wildman–Crippen LogP) is 8.65. The summed E-state index contributed by atoms with van der Waals surface area (Å²) in [6.07, 6.45) is 0. The third kappa shape index (κ3) is 3.11. The molecule has 40 heavy (non-hydrogen) atoms. The zero-order valence-corrected chi connectivity index (χ0v) is 24.3. The van der Waals surface area contributed by atoms with E-state index >= 15 is 0 Å². The molecule has 2 heterocycles. The Morgan fingerprint density at radius 3 is 1.90 bits per heavy atom. The number of nitrogens with zero attached hydrogens (tertiary/aromatic N) is 1. The number of rotatable bonds is 1. The van der Waals surface area contributed by atoms with Crippen LogP contribution in [-0.4, -0.2) is 6.71 Å². The minimum absolute atomic E-state index is 0.0637. The molecule has 0 saturated carbocycles. The van der Waals surface area contributed by atoms with E-state index in [1.165, 1.54) is 77.6 Å². The van der Waals surface area contributed by atoms with Crippen LogP contribution in [0, 0.1) is 0 Å². The second kappa shape index (κ2) is 7.79. The Bertz CT molecular complexity index is 1910. The molecule has 1 nitrogen and oxygen atoms in total. The molecular formula is C38H34BN. The zero-order chi connectivity index (χ0) is 27.6. The first kappa shape index (κ1) is 23.8. The van der Waals surface area contributed by atoms with Gasteiger partial charge in [-0.3, -0.25) is 0 Å². The summed E-state index contributed by atoms with van der Waals surface area (Å²) in [5, 5.41) is 2.75. The van der Waals surface area contributed by atoms with Gasteiger partial charge in [0.25, 0.3) is 0 Å². The van der Waals surface area contributed by atoms with E-state index in [9.17, 15) is 0 Å². The summed E-state index contributed by atoms with van der Waals surface area (Å²) in [7, 11) is 0. The molecule has 0 amide bonds. The van der Waals surface area contributed by atoms with Gasteiger partial charge in [0.1, 0.15) is 0 Å². The first-order valence-corrected chi connectivity index (χ1v) is 14.6. The lowest BCUT2D eigenvalue weighted by molar-refractivity contribution is 0.590. The highest BCUT2D eigenvalue weighted by molar-refractivity contribution is 7.05. The predicted molar refractivity (Wildman–Crippen MR) is 173 cm³/mol. The first-order chi connectivity index (χ1) is 19.1. The maximum atomic E-state index is 2.53. The molecule has 5 aromatic rings. The van der Waals surface area contributed by atoms with Gasteiger partial charge in [0, 0.05) is 17.1 Å². The highest BCUT2D eigenvalue weighted by Gasteiger charge is 2.47. The van der Waals surface area contributed by atoms with E-state index in [2.05, 4.69) is 144 Å². The number of anilines is 3. The van der Waals surface area contributed by atoms with Crippen LogP contribution in [0.25, 0.3) is 21.8 Å². The third-order valence-corrected chi connectivity index (χ3v) is 9.34. The van der Waals surface area contributed by atoms with Crippen LogP contribution in [0.3, 0.4) is 0 Å². The molecule has 194 valence electrons. The van der Waals surface area contributed by atoms with Crippen LogP contribution in [0.2, 0.25) is 0 Å². The lowest BCUT2D eigenvalue weighted by Gasteiger charge is -2.38. The fraction of sp³-hybridized carbons (Fsp3) is 0.211. The van der Waals surface area contributed by atoms with Crippen molar-refractivity contribution in [2.45, 2.75) is 52.4 Å². The second-order valence-electron chi connectivity index (χ2n) is 13.8. The number of hydrogen-bond acceptors (Lipinski definition) is 1. The van der Waals surface area contributed by atoms with E-state index in [-0.39, 0.29) is 17.5 Å².